The molecule has 7 nitrogen and oxygen atoms in total. The third-order valence-electron chi connectivity index (χ3n) is 5.11. The van der Waals surface area contributed by atoms with E-state index in [0.717, 1.165) is 25.7 Å². The quantitative estimate of drug-likeness (QED) is 0.346. The van der Waals surface area contributed by atoms with E-state index in [1.54, 1.807) is 0 Å². The first-order valence-electron chi connectivity index (χ1n) is 7.84. The van der Waals surface area contributed by atoms with Crippen molar-refractivity contribution in [2.75, 3.05) is 0 Å². The Labute approximate surface area is 137 Å². The minimum absolute atomic E-state index is 0.152. The van der Waals surface area contributed by atoms with E-state index in [1.807, 2.05) is 0 Å². The maximum Gasteiger partial charge on any atom is 0.553 e. The maximum absolute atomic E-state index is 10.8. The predicted octanol–water partition coefficient (Wildman–Crippen LogP) is 4.70. The van der Waals surface area contributed by atoms with Crippen LogP contribution in [0.15, 0.2) is 0 Å². The molecule has 0 spiro atoms. The lowest BCUT2D eigenvalue weighted by Gasteiger charge is -2.57. The SMILES string of the molecule is CC(C)(C)C1(C(C)(C)C)CCC(OOOC(=O)OC(=O)O)CC1. The van der Waals surface area contributed by atoms with Gasteiger partial charge in [0.05, 0.1) is 6.10 Å². The van der Waals surface area contributed by atoms with Crippen molar-refractivity contribution in [1.82, 2.24) is 0 Å². The van der Waals surface area contributed by atoms with Gasteiger partial charge < -0.3 is 9.84 Å². The van der Waals surface area contributed by atoms with Crippen LogP contribution in [0.2, 0.25) is 0 Å². The third kappa shape index (κ3) is 4.81. The Morgan fingerprint density at radius 3 is 1.87 bits per heavy atom. The molecule has 7 heteroatoms. The molecule has 1 fully saturated rings. The van der Waals surface area contributed by atoms with Gasteiger partial charge in [-0.25, -0.2) is 9.68 Å². The average Bonchev–Trinajstić information content (AvgIpc) is 2.35. The fraction of sp³-hybridized carbons (Fsp3) is 0.875. The zero-order valence-corrected chi connectivity index (χ0v) is 14.8. The zero-order chi connectivity index (χ0) is 17.9. The van der Waals surface area contributed by atoms with Crippen molar-refractivity contribution in [3.05, 3.63) is 0 Å². The Morgan fingerprint density at radius 1 is 1.00 bits per heavy atom. The smallest absolute Gasteiger partial charge is 0.449 e. The fourth-order valence-electron chi connectivity index (χ4n) is 4.00. The second-order valence-corrected chi connectivity index (χ2v) is 8.15. The van der Waals surface area contributed by atoms with Gasteiger partial charge in [-0.1, -0.05) is 41.5 Å². The van der Waals surface area contributed by atoms with E-state index in [1.165, 1.54) is 0 Å². The standard InChI is InChI=1S/C16H28O7/c1-14(2,3)16(15(4,5)6)9-7-11(8-10-16)21-23-22-13(19)20-12(17)18/h11H,7-10H2,1-6H3,(H,17,18). The van der Waals surface area contributed by atoms with E-state index in [2.05, 4.69) is 56.2 Å². The Kier molecular flexibility index (Phi) is 6.04. The second-order valence-electron chi connectivity index (χ2n) is 8.15. The molecule has 0 aromatic heterocycles. The van der Waals surface area contributed by atoms with Gasteiger partial charge in [-0.15, -0.1) is 0 Å². The second kappa shape index (κ2) is 7.05. The maximum atomic E-state index is 10.8. The van der Waals surface area contributed by atoms with E-state index in [9.17, 15) is 9.59 Å². The first kappa shape index (κ1) is 19.7. The molecule has 1 N–H and O–H groups in total. The van der Waals surface area contributed by atoms with Gasteiger partial charge in [-0.2, -0.15) is 9.68 Å². The molecule has 134 valence electrons. The molecule has 0 aromatic carbocycles. The largest absolute Gasteiger partial charge is 0.553 e. The first-order valence-corrected chi connectivity index (χ1v) is 7.84. The zero-order valence-electron chi connectivity index (χ0n) is 14.8. The van der Waals surface area contributed by atoms with Gasteiger partial charge in [0.2, 0.25) is 0 Å². The summed E-state index contributed by atoms with van der Waals surface area (Å²) in [5.74, 6) is 0. The molecule has 0 aromatic rings. The topological polar surface area (TPSA) is 91.3 Å². The van der Waals surface area contributed by atoms with Gasteiger partial charge >= 0.3 is 12.3 Å². The van der Waals surface area contributed by atoms with Crippen LogP contribution in [0.1, 0.15) is 67.2 Å². The van der Waals surface area contributed by atoms with Crippen molar-refractivity contribution >= 4 is 12.3 Å². The van der Waals surface area contributed by atoms with Gasteiger partial charge in [0, 0.05) is 0 Å². The van der Waals surface area contributed by atoms with Crippen LogP contribution in [0.25, 0.3) is 0 Å². The monoisotopic (exact) mass is 332 g/mol. The lowest BCUT2D eigenvalue weighted by Crippen LogP contribution is -2.49. The van der Waals surface area contributed by atoms with Crippen LogP contribution in [-0.4, -0.2) is 23.5 Å². The van der Waals surface area contributed by atoms with Crippen molar-refractivity contribution in [3.63, 3.8) is 0 Å². The van der Waals surface area contributed by atoms with Crippen molar-refractivity contribution in [3.8, 4) is 0 Å². The van der Waals surface area contributed by atoms with Gasteiger partial charge in [0.1, 0.15) is 0 Å². The Hall–Kier alpha value is -1.34. The van der Waals surface area contributed by atoms with Gasteiger partial charge in [0.25, 0.3) is 0 Å². The number of carbonyl (C=O) groups excluding carboxylic acids is 1. The third-order valence-corrected chi connectivity index (χ3v) is 5.11. The van der Waals surface area contributed by atoms with E-state index < -0.39 is 12.3 Å². The van der Waals surface area contributed by atoms with Gasteiger partial charge in [0.15, 0.2) is 0 Å². The summed E-state index contributed by atoms with van der Waals surface area (Å²) >= 11 is 0. The predicted molar refractivity (Wildman–Crippen MR) is 81.4 cm³/mol. The van der Waals surface area contributed by atoms with Crippen molar-refractivity contribution in [1.29, 1.82) is 0 Å². The van der Waals surface area contributed by atoms with E-state index in [-0.39, 0.29) is 22.3 Å². The van der Waals surface area contributed by atoms with Crippen molar-refractivity contribution in [2.24, 2.45) is 16.2 Å². The highest BCUT2D eigenvalue weighted by Gasteiger charge is 2.51. The fourth-order valence-corrected chi connectivity index (χ4v) is 4.00. The lowest BCUT2D eigenvalue weighted by molar-refractivity contribution is -0.503. The molecule has 0 aliphatic heterocycles. The van der Waals surface area contributed by atoms with Crippen LogP contribution in [0.3, 0.4) is 0 Å². The van der Waals surface area contributed by atoms with Crippen LogP contribution in [-0.2, 0) is 19.6 Å². The lowest BCUT2D eigenvalue weighted by atomic mass is 9.49. The molecule has 0 amide bonds. The highest BCUT2D eigenvalue weighted by atomic mass is 17.5. The number of hydrogen-bond acceptors (Lipinski definition) is 6. The summed E-state index contributed by atoms with van der Waals surface area (Å²) in [5, 5.41) is 12.6. The average molecular weight is 332 g/mol. The molecule has 1 aliphatic rings. The Bertz CT molecular complexity index is 407. The normalized spacial score (nSPS) is 19.2. The van der Waals surface area contributed by atoms with Crippen LogP contribution in [0.4, 0.5) is 9.59 Å². The summed E-state index contributed by atoms with van der Waals surface area (Å²) in [5.41, 5.74) is 0.473. The summed E-state index contributed by atoms with van der Waals surface area (Å²) in [6.45, 7) is 13.6. The molecular weight excluding hydrogens is 304 g/mol. The number of hydrogen-bond donors (Lipinski definition) is 1. The minimum atomic E-state index is -1.77. The molecular formula is C16H28O7. The minimum Gasteiger partial charge on any atom is -0.449 e. The highest BCUT2D eigenvalue weighted by Crippen LogP contribution is 2.59. The van der Waals surface area contributed by atoms with Crippen molar-refractivity contribution < 1.29 is 34.2 Å². The molecule has 23 heavy (non-hydrogen) atoms. The molecule has 0 heterocycles. The number of carbonyl (C=O) groups is 2. The van der Waals surface area contributed by atoms with Crippen LogP contribution < -0.4 is 0 Å². The molecule has 0 atom stereocenters. The van der Waals surface area contributed by atoms with Gasteiger partial charge in [-0.05, 0) is 47.0 Å². The molecule has 0 unspecified atom stereocenters. The summed E-state index contributed by atoms with van der Waals surface area (Å²) in [6.07, 6.45) is 0.0211. The van der Waals surface area contributed by atoms with Crippen LogP contribution in [0, 0.1) is 16.2 Å². The molecule has 0 bridgehead atoms. The molecule has 1 saturated carbocycles. The summed E-state index contributed by atoms with van der Waals surface area (Å²) in [7, 11) is 0. The first-order chi connectivity index (χ1) is 10.4. The van der Waals surface area contributed by atoms with Crippen LogP contribution in [0.5, 0.6) is 0 Å². The van der Waals surface area contributed by atoms with Crippen molar-refractivity contribution in [2.45, 2.75) is 73.3 Å². The number of ether oxygens (including phenoxy) is 1. The number of carboxylic acid groups (broad SMARTS) is 1. The molecule has 1 aliphatic carbocycles. The van der Waals surface area contributed by atoms with E-state index in [4.69, 9.17) is 9.99 Å². The van der Waals surface area contributed by atoms with E-state index >= 15 is 0 Å². The number of rotatable bonds is 3. The summed E-state index contributed by atoms with van der Waals surface area (Å²) < 4.78 is 3.71. The Balaban J connectivity index is 2.51. The summed E-state index contributed by atoms with van der Waals surface area (Å²) in [6, 6.07) is 0. The highest BCUT2D eigenvalue weighted by molar-refractivity contribution is 5.75. The molecule has 0 radical (unpaired) electrons. The molecule has 0 saturated heterocycles. The van der Waals surface area contributed by atoms with E-state index in [0.29, 0.717) is 0 Å². The summed E-state index contributed by atoms with van der Waals surface area (Å²) in [4.78, 5) is 30.1. The molecule has 1 rings (SSSR count). The van der Waals surface area contributed by atoms with Gasteiger partial charge in [-0.3, -0.25) is 0 Å². The van der Waals surface area contributed by atoms with Crippen LogP contribution >= 0.6 is 0 Å². The Morgan fingerprint density at radius 2 is 1.48 bits per heavy atom.